The number of nitrogens with one attached hydrogen (secondary N) is 1. The minimum Gasteiger partial charge on any atom is -0.458 e. The van der Waals surface area contributed by atoms with Gasteiger partial charge in [-0.2, -0.15) is 0 Å². The summed E-state index contributed by atoms with van der Waals surface area (Å²) in [6, 6.07) is 9.00. The van der Waals surface area contributed by atoms with E-state index in [2.05, 4.69) is 0 Å². The summed E-state index contributed by atoms with van der Waals surface area (Å²) in [6.07, 6.45) is 0.0818. The summed E-state index contributed by atoms with van der Waals surface area (Å²) < 4.78 is 6.62. The number of para-hydroxylation sites is 1. The van der Waals surface area contributed by atoms with Gasteiger partial charge in [0.05, 0.1) is 29.0 Å². The molecule has 3 aromatic rings. The first-order valence-corrected chi connectivity index (χ1v) is 9.30. The molecular weight excluding hydrogens is 372 g/mol. The van der Waals surface area contributed by atoms with Gasteiger partial charge in [0.25, 0.3) is 5.56 Å². The van der Waals surface area contributed by atoms with Gasteiger partial charge in [-0.25, -0.2) is 9.78 Å². The molecule has 2 aliphatic rings. The Kier molecular flexibility index (Phi) is 3.48. The third-order valence-corrected chi connectivity index (χ3v) is 5.86. The predicted molar refractivity (Wildman–Crippen MR) is 106 cm³/mol. The molecule has 146 valence electrons. The molecule has 1 atom stereocenters. The lowest BCUT2D eigenvalue weighted by Crippen LogP contribution is -2.44. The van der Waals surface area contributed by atoms with Crippen LogP contribution in [0.15, 0.2) is 35.1 Å². The Hall–Kier alpha value is -3.52. The van der Waals surface area contributed by atoms with E-state index in [9.17, 15) is 14.7 Å². The first kappa shape index (κ1) is 17.6. The second-order valence-electron chi connectivity index (χ2n) is 7.35. The van der Waals surface area contributed by atoms with Crippen LogP contribution in [0.4, 0.5) is 0 Å². The van der Waals surface area contributed by atoms with Crippen LogP contribution in [0, 0.1) is 5.41 Å². The van der Waals surface area contributed by atoms with Gasteiger partial charge in [-0.1, -0.05) is 25.1 Å². The Labute approximate surface area is 165 Å². The number of aromatic nitrogens is 2. The normalized spacial score (nSPS) is 19.4. The number of benzene rings is 1. The van der Waals surface area contributed by atoms with Crippen LogP contribution in [0.1, 0.15) is 35.6 Å². The van der Waals surface area contributed by atoms with Gasteiger partial charge in [0.1, 0.15) is 12.4 Å². The van der Waals surface area contributed by atoms with Crippen molar-refractivity contribution < 1.29 is 14.6 Å². The number of pyridine rings is 2. The number of fused-ring (bicyclic) bond motifs is 5. The molecule has 0 spiro atoms. The topological polar surface area (TPSA) is 131 Å². The Balaban J connectivity index is 1.87. The van der Waals surface area contributed by atoms with E-state index in [1.807, 2.05) is 24.3 Å². The molecule has 0 bridgehead atoms. The van der Waals surface area contributed by atoms with Gasteiger partial charge in [0.2, 0.25) is 0 Å². The summed E-state index contributed by atoms with van der Waals surface area (Å²) in [5.41, 5.74) is 7.13. The SMILES string of the molecule is CCC1(O)C(=O)OCc2c1cc1n(c2=O)Cc2c-1nc1ccccc1c2C(=N)N. The van der Waals surface area contributed by atoms with Gasteiger partial charge in [0.15, 0.2) is 5.60 Å². The molecule has 0 saturated heterocycles. The number of rotatable bonds is 2. The number of ether oxygens (including phenoxy) is 1. The molecule has 1 aromatic carbocycles. The lowest BCUT2D eigenvalue weighted by molar-refractivity contribution is -0.172. The summed E-state index contributed by atoms with van der Waals surface area (Å²) in [4.78, 5) is 30.2. The van der Waals surface area contributed by atoms with E-state index >= 15 is 0 Å². The number of nitrogens with two attached hydrogens (primary N) is 1. The first-order chi connectivity index (χ1) is 13.9. The number of aliphatic hydroxyl groups is 1. The van der Waals surface area contributed by atoms with Gasteiger partial charge < -0.3 is 20.1 Å². The summed E-state index contributed by atoms with van der Waals surface area (Å²) >= 11 is 0. The zero-order valence-corrected chi connectivity index (χ0v) is 15.7. The van der Waals surface area contributed by atoms with Crippen molar-refractivity contribution in [2.24, 2.45) is 5.73 Å². The molecule has 0 fully saturated rings. The molecule has 0 radical (unpaired) electrons. The number of esters is 1. The van der Waals surface area contributed by atoms with Crippen LogP contribution in [0.5, 0.6) is 0 Å². The van der Waals surface area contributed by atoms with Crippen LogP contribution >= 0.6 is 0 Å². The van der Waals surface area contributed by atoms with Gasteiger partial charge in [-0.15, -0.1) is 0 Å². The summed E-state index contributed by atoms with van der Waals surface area (Å²) in [5, 5.41) is 19.8. The maximum atomic E-state index is 13.2. The lowest BCUT2D eigenvalue weighted by Gasteiger charge is -2.31. The van der Waals surface area contributed by atoms with E-state index in [0.29, 0.717) is 28.0 Å². The number of amidine groups is 1. The minimum absolute atomic E-state index is 0.0818. The Morgan fingerprint density at radius 1 is 1.34 bits per heavy atom. The molecule has 1 unspecified atom stereocenters. The standard InChI is InChI=1S/C21H18N4O4/c1-2-21(28)13-7-15-17-11(8-25(15)19(26)12(13)9-29-20(21)27)16(18(22)23)10-5-3-4-6-14(10)24-17/h3-7,28H,2,8-9H2,1H3,(H3,22,23). The van der Waals surface area contributed by atoms with E-state index in [0.717, 1.165) is 5.39 Å². The largest absolute Gasteiger partial charge is 0.458 e. The van der Waals surface area contributed by atoms with Gasteiger partial charge in [-0.3, -0.25) is 10.2 Å². The molecule has 4 N–H and O–H groups in total. The molecule has 2 aliphatic heterocycles. The smallest absolute Gasteiger partial charge is 0.343 e. The summed E-state index contributed by atoms with van der Waals surface area (Å²) in [5.74, 6) is -0.861. The molecule has 2 aromatic heterocycles. The van der Waals surface area contributed by atoms with Crippen LogP contribution in [-0.2, 0) is 28.3 Å². The van der Waals surface area contributed by atoms with E-state index in [1.54, 1.807) is 13.0 Å². The first-order valence-electron chi connectivity index (χ1n) is 9.30. The number of carbonyl (C=O) groups excluding carboxylic acids is 1. The number of carbonyl (C=O) groups is 1. The third kappa shape index (κ3) is 2.17. The maximum absolute atomic E-state index is 13.2. The van der Waals surface area contributed by atoms with E-state index in [-0.39, 0.29) is 42.1 Å². The number of hydrogen-bond acceptors (Lipinski definition) is 6. The van der Waals surface area contributed by atoms with Crippen LogP contribution in [0.3, 0.4) is 0 Å². The molecule has 8 heteroatoms. The van der Waals surface area contributed by atoms with Crippen molar-refractivity contribution in [2.75, 3.05) is 0 Å². The highest BCUT2D eigenvalue weighted by atomic mass is 16.6. The molecule has 0 saturated carbocycles. The monoisotopic (exact) mass is 390 g/mol. The van der Waals surface area contributed by atoms with E-state index < -0.39 is 11.6 Å². The lowest BCUT2D eigenvalue weighted by atomic mass is 9.86. The molecule has 4 heterocycles. The van der Waals surface area contributed by atoms with Gasteiger partial charge in [0, 0.05) is 22.1 Å². The predicted octanol–water partition coefficient (Wildman–Crippen LogP) is 1.36. The number of cyclic esters (lactones) is 1. The van der Waals surface area contributed by atoms with Crippen molar-refractivity contribution in [2.45, 2.75) is 32.1 Å². The van der Waals surface area contributed by atoms with Crippen molar-refractivity contribution >= 4 is 22.7 Å². The quantitative estimate of drug-likeness (QED) is 0.269. The third-order valence-electron chi connectivity index (χ3n) is 5.86. The van der Waals surface area contributed by atoms with Crippen LogP contribution < -0.4 is 11.3 Å². The van der Waals surface area contributed by atoms with Gasteiger partial charge >= 0.3 is 5.97 Å². The fourth-order valence-corrected chi connectivity index (χ4v) is 4.34. The second-order valence-corrected chi connectivity index (χ2v) is 7.35. The maximum Gasteiger partial charge on any atom is 0.343 e. The van der Waals surface area contributed by atoms with Crippen molar-refractivity contribution in [3.05, 3.63) is 62.9 Å². The highest BCUT2D eigenvalue weighted by Gasteiger charge is 2.45. The van der Waals surface area contributed by atoms with E-state index in [4.69, 9.17) is 20.9 Å². The minimum atomic E-state index is -1.87. The molecule has 0 aliphatic carbocycles. The van der Waals surface area contributed by atoms with Crippen LogP contribution in [0.25, 0.3) is 22.3 Å². The number of hydrogen-bond donors (Lipinski definition) is 3. The van der Waals surface area contributed by atoms with Crippen LogP contribution in [-0.4, -0.2) is 26.5 Å². The zero-order chi connectivity index (χ0) is 20.5. The Morgan fingerprint density at radius 2 is 2.10 bits per heavy atom. The average Bonchev–Trinajstić information content (AvgIpc) is 3.07. The van der Waals surface area contributed by atoms with Crippen molar-refractivity contribution in [1.82, 2.24) is 9.55 Å². The fraction of sp³-hybridized carbons (Fsp3) is 0.238. The molecule has 5 rings (SSSR count). The average molecular weight is 390 g/mol. The van der Waals surface area contributed by atoms with E-state index in [1.165, 1.54) is 4.57 Å². The summed E-state index contributed by atoms with van der Waals surface area (Å²) in [6.45, 7) is 1.69. The zero-order valence-electron chi connectivity index (χ0n) is 15.7. The Bertz CT molecular complexity index is 1310. The highest BCUT2D eigenvalue weighted by Crippen LogP contribution is 2.39. The highest BCUT2D eigenvalue weighted by molar-refractivity contribution is 6.09. The van der Waals surface area contributed by atoms with Crippen LogP contribution in [0.2, 0.25) is 0 Å². The number of nitrogen functional groups attached to an aromatic ring is 1. The van der Waals surface area contributed by atoms with Crippen molar-refractivity contribution in [3.63, 3.8) is 0 Å². The molecule has 0 amide bonds. The molecule has 8 nitrogen and oxygen atoms in total. The second kappa shape index (κ2) is 5.74. The van der Waals surface area contributed by atoms with Crippen molar-refractivity contribution in [1.29, 1.82) is 5.41 Å². The summed E-state index contributed by atoms with van der Waals surface area (Å²) in [7, 11) is 0. The molecule has 29 heavy (non-hydrogen) atoms. The van der Waals surface area contributed by atoms with Crippen molar-refractivity contribution in [3.8, 4) is 11.4 Å². The number of nitrogens with zero attached hydrogens (tertiary/aromatic N) is 2. The Morgan fingerprint density at radius 3 is 2.83 bits per heavy atom. The van der Waals surface area contributed by atoms with Gasteiger partial charge in [-0.05, 0) is 18.6 Å². The molecular formula is C21H18N4O4. The fourth-order valence-electron chi connectivity index (χ4n) is 4.34.